The van der Waals surface area contributed by atoms with Gasteiger partial charge in [-0.1, -0.05) is 25.2 Å². The molecule has 0 fully saturated rings. The number of rotatable bonds is 5. The van der Waals surface area contributed by atoms with Gasteiger partial charge in [-0.25, -0.2) is 9.78 Å². The molecule has 0 bridgehead atoms. The second-order valence-electron chi connectivity index (χ2n) is 5.11. The standard InChI is InChI=1S/C12H15F3N6OS/c1-7(2)6-21-4-3-16-8(21)5-17-10(22)18-11-20-19-9(23-11)12(13,14)15/h3-4,7H,5-6H2,1-2H3,(H2,17,18,20,22). The SMILES string of the molecule is CC(C)Cn1ccnc1CNC(=O)Nc1nnc(C(F)(F)F)s1. The number of aromatic nitrogens is 4. The molecule has 126 valence electrons. The number of urea groups is 1. The van der Waals surface area contributed by atoms with Gasteiger partial charge in [-0.3, -0.25) is 5.32 Å². The van der Waals surface area contributed by atoms with Crippen molar-refractivity contribution in [2.75, 3.05) is 5.32 Å². The molecule has 0 atom stereocenters. The van der Waals surface area contributed by atoms with Crippen molar-refractivity contribution in [1.29, 1.82) is 0 Å². The average molecular weight is 348 g/mol. The molecule has 0 aromatic carbocycles. The van der Waals surface area contributed by atoms with Crippen LogP contribution in [0.25, 0.3) is 0 Å². The number of halogens is 3. The third-order valence-corrected chi connectivity index (χ3v) is 3.54. The lowest BCUT2D eigenvalue weighted by Crippen LogP contribution is -2.29. The van der Waals surface area contributed by atoms with Crippen LogP contribution in [0.2, 0.25) is 0 Å². The van der Waals surface area contributed by atoms with Gasteiger partial charge in [0.2, 0.25) is 10.1 Å². The topological polar surface area (TPSA) is 84.7 Å². The molecule has 0 spiro atoms. The van der Waals surface area contributed by atoms with Gasteiger partial charge >= 0.3 is 12.2 Å². The number of amides is 2. The van der Waals surface area contributed by atoms with Crippen LogP contribution in [0.1, 0.15) is 24.7 Å². The van der Waals surface area contributed by atoms with E-state index in [9.17, 15) is 18.0 Å². The first kappa shape index (κ1) is 17.2. The largest absolute Gasteiger partial charge is 0.445 e. The molecule has 2 N–H and O–H groups in total. The fourth-order valence-corrected chi connectivity index (χ4v) is 2.36. The van der Waals surface area contributed by atoms with Gasteiger partial charge in [0, 0.05) is 18.9 Å². The predicted octanol–water partition coefficient (Wildman–Crippen LogP) is 2.73. The molecule has 0 radical (unpaired) electrons. The minimum atomic E-state index is -4.57. The highest BCUT2D eigenvalue weighted by atomic mass is 32.1. The molecule has 7 nitrogen and oxygen atoms in total. The Labute approximate surface area is 133 Å². The summed E-state index contributed by atoms with van der Waals surface area (Å²) in [5.41, 5.74) is 0. The Morgan fingerprint density at radius 3 is 2.74 bits per heavy atom. The van der Waals surface area contributed by atoms with Crippen LogP contribution in [0, 0.1) is 5.92 Å². The molecule has 0 aliphatic carbocycles. The van der Waals surface area contributed by atoms with Crippen LogP contribution in [0.4, 0.5) is 23.1 Å². The second kappa shape index (κ2) is 6.94. The van der Waals surface area contributed by atoms with Gasteiger partial charge in [0.1, 0.15) is 5.82 Å². The van der Waals surface area contributed by atoms with E-state index in [1.807, 2.05) is 4.57 Å². The fraction of sp³-hybridized carbons (Fsp3) is 0.500. The van der Waals surface area contributed by atoms with E-state index >= 15 is 0 Å². The summed E-state index contributed by atoms with van der Waals surface area (Å²) in [6.45, 7) is 5.01. The summed E-state index contributed by atoms with van der Waals surface area (Å²) in [6, 6.07) is -0.672. The summed E-state index contributed by atoms with van der Waals surface area (Å²) in [5, 5.41) is 9.66. The molecular formula is C12H15F3N6OS. The van der Waals surface area contributed by atoms with E-state index in [4.69, 9.17) is 0 Å². The Morgan fingerprint density at radius 1 is 1.39 bits per heavy atom. The van der Waals surface area contributed by atoms with E-state index in [1.165, 1.54) is 0 Å². The highest BCUT2D eigenvalue weighted by molar-refractivity contribution is 7.15. The van der Waals surface area contributed by atoms with Crippen molar-refractivity contribution < 1.29 is 18.0 Å². The van der Waals surface area contributed by atoms with Crippen LogP contribution < -0.4 is 10.6 Å². The van der Waals surface area contributed by atoms with Crippen LogP contribution in [0.5, 0.6) is 0 Å². The van der Waals surface area contributed by atoms with E-state index in [2.05, 4.69) is 39.7 Å². The number of carbonyl (C=O) groups is 1. The van der Waals surface area contributed by atoms with Crippen LogP contribution in [0.3, 0.4) is 0 Å². The molecule has 2 rings (SSSR count). The number of nitrogens with one attached hydrogen (secondary N) is 2. The van der Waals surface area contributed by atoms with E-state index in [0.717, 1.165) is 6.54 Å². The van der Waals surface area contributed by atoms with Crippen LogP contribution in [-0.2, 0) is 19.3 Å². The van der Waals surface area contributed by atoms with Crippen molar-refractivity contribution in [2.45, 2.75) is 33.1 Å². The number of carbonyl (C=O) groups excluding carboxylic acids is 1. The third kappa shape index (κ3) is 4.91. The number of imidazole rings is 1. The first-order valence-electron chi connectivity index (χ1n) is 6.71. The molecule has 0 aliphatic rings. The number of hydrogen-bond donors (Lipinski definition) is 2. The summed E-state index contributed by atoms with van der Waals surface area (Å²) in [6.07, 6.45) is -1.15. The van der Waals surface area contributed by atoms with Crippen LogP contribution >= 0.6 is 11.3 Å². The molecule has 23 heavy (non-hydrogen) atoms. The molecule has 2 aromatic rings. The van der Waals surface area contributed by atoms with Gasteiger partial charge in [-0.05, 0) is 5.92 Å². The summed E-state index contributed by atoms with van der Waals surface area (Å²) in [4.78, 5) is 15.8. The Morgan fingerprint density at radius 2 is 2.13 bits per heavy atom. The molecular weight excluding hydrogens is 333 g/mol. The monoisotopic (exact) mass is 348 g/mol. The van der Waals surface area contributed by atoms with Crippen LogP contribution in [-0.4, -0.2) is 25.8 Å². The lowest BCUT2D eigenvalue weighted by Gasteiger charge is -2.10. The molecule has 0 saturated heterocycles. The van der Waals surface area contributed by atoms with Gasteiger partial charge in [0.25, 0.3) is 0 Å². The number of hydrogen-bond acceptors (Lipinski definition) is 5. The highest BCUT2D eigenvalue weighted by Gasteiger charge is 2.35. The molecule has 2 aromatic heterocycles. The maximum atomic E-state index is 12.4. The van der Waals surface area contributed by atoms with E-state index < -0.39 is 17.2 Å². The smallest absolute Gasteiger partial charge is 0.333 e. The molecule has 0 unspecified atom stereocenters. The Balaban J connectivity index is 1.88. The van der Waals surface area contributed by atoms with Crippen molar-refractivity contribution in [2.24, 2.45) is 5.92 Å². The predicted molar refractivity (Wildman–Crippen MR) is 77.8 cm³/mol. The molecule has 0 saturated carbocycles. The molecule has 2 amide bonds. The van der Waals surface area contributed by atoms with Gasteiger partial charge in [0.15, 0.2) is 0 Å². The third-order valence-electron chi connectivity index (χ3n) is 2.66. The summed E-state index contributed by atoms with van der Waals surface area (Å²) < 4.78 is 39.1. The van der Waals surface area contributed by atoms with Gasteiger partial charge in [0.05, 0.1) is 6.54 Å². The number of anilines is 1. The van der Waals surface area contributed by atoms with Crippen molar-refractivity contribution in [3.05, 3.63) is 23.2 Å². The first-order chi connectivity index (χ1) is 10.8. The molecule has 2 heterocycles. The van der Waals surface area contributed by atoms with Crippen molar-refractivity contribution >= 4 is 22.5 Å². The second-order valence-corrected chi connectivity index (χ2v) is 6.09. The zero-order chi connectivity index (χ0) is 17.0. The highest BCUT2D eigenvalue weighted by Crippen LogP contribution is 2.32. The minimum absolute atomic E-state index is 0.149. The Kier molecular flexibility index (Phi) is 5.19. The van der Waals surface area contributed by atoms with Crippen molar-refractivity contribution in [1.82, 2.24) is 25.1 Å². The summed E-state index contributed by atoms with van der Waals surface area (Å²) >= 11 is 0.263. The summed E-state index contributed by atoms with van der Waals surface area (Å²) in [7, 11) is 0. The first-order valence-corrected chi connectivity index (χ1v) is 7.53. The minimum Gasteiger partial charge on any atom is -0.333 e. The lowest BCUT2D eigenvalue weighted by atomic mass is 10.2. The van der Waals surface area contributed by atoms with Gasteiger partial charge in [-0.15, -0.1) is 10.2 Å². The summed E-state index contributed by atoms with van der Waals surface area (Å²) in [5.74, 6) is 1.07. The van der Waals surface area contributed by atoms with E-state index in [-0.39, 0.29) is 23.0 Å². The maximum absolute atomic E-state index is 12.4. The fourth-order valence-electron chi connectivity index (χ4n) is 1.76. The Hall–Kier alpha value is -2.17. The normalized spacial score (nSPS) is 11.7. The maximum Gasteiger partial charge on any atom is 0.445 e. The lowest BCUT2D eigenvalue weighted by molar-refractivity contribution is -0.138. The van der Waals surface area contributed by atoms with E-state index in [1.54, 1.807) is 12.4 Å². The quantitative estimate of drug-likeness (QED) is 0.870. The number of nitrogens with zero attached hydrogens (tertiary/aromatic N) is 4. The zero-order valence-corrected chi connectivity index (χ0v) is 13.2. The molecule has 11 heteroatoms. The van der Waals surface area contributed by atoms with Gasteiger partial charge in [-0.2, -0.15) is 13.2 Å². The molecule has 0 aliphatic heterocycles. The Bertz CT molecular complexity index is 666. The van der Waals surface area contributed by atoms with Crippen molar-refractivity contribution in [3.63, 3.8) is 0 Å². The van der Waals surface area contributed by atoms with Gasteiger partial charge < -0.3 is 9.88 Å². The zero-order valence-electron chi connectivity index (χ0n) is 12.4. The van der Waals surface area contributed by atoms with Crippen LogP contribution in [0.15, 0.2) is 12.4 Å². The number of alkyl halides is 3. The van der Waals surface area contributed by atoms with E-state index in [0.29, 0.717) is 11.7 Å². The average Bonchev–Trinajstić information content (AvgIpc) is 3.04. The van der Waals surface area contributed by atoms with Crippen molar-refractivity contribution in [3.8, 4) is 0 Å².